The van der Waals surface area contributed by atoms with Crippen LogP contribution in [0.4, 0.5) is 18.0 Å². The lowest BCUT2D eigenvalue weighted by atomic mass is 9.61. The number of alkyl halides is 3. The van der Waals surface area contributed by atoms with Crippen LogP contribution in [0.5, 0.6) is 5.75 Å². The molecule has 1 aromatic heterocycles. The van der Waals surface area contributed by atoms with E-state index in [4.69, 9.17) is 0 Å². The topological polar surface area (TPSA) is 75.5 Å². The van der Waals surface area contributed by atoms with Crippen molar-refractivity contribution in [2.75, 3.05) is 32.7 Å². The van der Waals surface area contributed by atoms with Gasteiger partial charge in [0.2, 0.25) is 0 Å². The molecule has 6 rings (SSSR count). The van der Waals surface area contributed by atoms with E-state index in [0.29, 0.717) is 17.9 Å². The van der Waals surface area contributed by atoms with E-state index in [1.807, 2.05) is 20.8 Å². The fourth-order valence-corrected chi connectivity index (χ4v) is 6.52. The zero-order valence-electron chi connectivity index (χ0n) is 20.5. The largest absolute Gasteiger partial charge is 0.573 e. The number of piperidine rings is 1. The minimum absolute atomic E-state index is 0.160. The molecule has 12 heteroatoms. The van der Waals surface area contributed by atoms with Gasteiger partial charge in [-0.1, -0.05) is 0 Å². The van der Waals surface area contributed by atoms with Gasteiger partial charge in [-0.2, -0.15) is 5.10 Å². The predicted molar refractivity (Wildman–Crippen MR) is 131 cm³/mol. The molecule has 2 amide bonds. The van der Waals surface area contributed by atoms with Crippen molar-refractivity contribution in [1.29, 1.82) is 0 Å². The third-order valence-corrected chi connectivity index (χ3v) is 8.83. The summed E-state index contributed by atoms with van der Waals surface area (Å²) in [5, 5.41) is 4.67. The monoisotopic (exact) mass is 536 g/mol. The third kappa shape index (κ3) is 5.69. The zero-order valence-corrected chi connectivity index (χ0v) is 21.3. The van der Waals surface area contributed by atoms with Crippen molar-refractivity contribution in [2.45, 2.75) is 61.7 Å². The molecule has 1 N–H and O–H groups in total. The summed E-state index contributed by atoms with van der Waals surface area (Å²) >= 11 is 1.39. The Balaban J connectivity index is 0.873. The van der Waals surface area contributed by atoms with E-state index in [2.05, 4.69) is 19.5 Å². The normalized spacial score (nSPS) is 22.1. The number of ether oxygens (including phenoxy) is 1. The Labute approximate surface area is 218 Å². The zero-order chi connectivity index (χ0) is 25.6. The maximum Gasteiger partial charge on any atom is 0.573 e. The van der Waals surface area contributed by atoms with E-state index in [0.717, 1.165) is 69.1 Å². The molecular weight excluding hydrogens is 505 g/mol. The molecule has 37 heavy (non-hydrogen) atoms. The van der Waals surface area contributed by atoms with Crippen LogP contribution in [-0.2, 0) is 0 Å². The van der Waals surface area contributed by atoms with E-state index in [1.54, 1.807) is 12.1 Å². The number of carbonyl (C=O) groups is 1. The Hall–Kier alpha value is -2.47. The lowest BCUT2D eigenvalue weighted by Gasteiger charge is -2.59. The van der Waals surface area contributed by atoms with E-state index < -0.39 is 6.36 Å². The molecule has 1 aromatic carbocycles. The predicted octanol–water partition coefficient (Wildman–Crippen LogP) is 4.82. The molecule has 3 heterocycles. The molecule has 0 unspecified atom stereocenters. The average Bonchev–Trinajstić information content (AvgIpc) is 3.55. The number of nitrogens with zero attached hydrogens (tertiary/aromatic N) is 5. The minimum atomic E-state index is -4.68. The number of halogens is 3. The Kier molecular flexibility index (Phi) is 6.50. The van der Waals surface area contributed by atoms with Gasteiger partial charge in [-0.25, -0.2) is 14.5 Å². The lowest BCUT2D eigenvalue weighted by Crippen LogP contribution is -2.66. The minimum Gasteiger partial charge on any atom is -0.406 e. The molecule has 2 aliphatic heterocycles. The molecule has 0 atom stereocenters. The molecule has 0 bridgehead atoms. The Morgan fingerprint density at radius 1 is 1.08 bits per heavy atom. The van der Waals surface area contributed by atoms with Crippen LogP contribution >= 0.6 is 11.9 Å². The second kappa shape index (κ2) is 9.68. The Morgan fingerprint density at radius 3 is 2.43 bits per heavy atom. The first-order valence-electron chi connectivity index (χ1n) is 13.0. The second-order valence-corrected chi connectivity index (χ2v) is 11.9. The van der Waals surface area contributed by atoms with E-state index >= 15 is 0 Å². The SMILES string of the molecule is O=C(N1CCC(CNSc2ccc(OC(F)(F)F)cc2)CC1)N1CC2(CC(n3cnc(C4CC4)n3)C2)C1. The van der Waals surface area contributed by atoms with Crippen molar-refractivity contribution in [1.82, 2.24) is 29.3 Å². The summed E-state index contributed by atoms with van der Waals surface area (Å²) < 4.78 is 46.1. The van der Waals surface area contributed by atoms with Crippen LogP contribution in [0.3, 0.4) is 0 Å². The van der Waals surface area contributed by atoms with Crippen molar-refractivity contribution in [3.05, 3.63) is 36.4 Å². The molecule has 2 aromatic rings. The summed E-state index contributed by atoms with van der Waals surface area (Å²) in [5.74, 6) is 1.81. The van der Waals surface area contributed by atoms with Gasteiger partial charge < -0.3 is 14.5 Å². The van der Waals surface area contributed by atoms with E-state index in [-0.39, 0.29) is 17.2 Å². The van der Waals surface area contributed by atoms with Gasteiger partial charge >= 0.3 is 12.4 Å². The number of urea groups is 1. The van der Waals surface area contributed by atoms with Crippen LogP contribution in [0.25, 0.3) is 0 Å². The fourth-order valence-electron chi connectivity index (χ4n) is 5.76. The summed E-state index contributed by atoms with van der Waals surface area (Å²) in [4.78, 5) is 22.2. The van der Waals surface area contributed by atoms with Crippen molar-refractivity contribution >= 4 is 18.0 Å². The van der Waals surface area contributed by atoms with Gasteiger partial charge in [0.05, 0.1) is 6.04 Å². The van der Waals surface area contributed by atoms with E-state index in [9.17, 15) is 18.0 Å². The summed E-state index contributed by atoms with van der Waals surface area (Å²) in [7, 11) is 0. The van der Waals surface area contributed by atoms with Crippen molar-refractivity contribution in [3.63, 3.8) is 0 Å². The van der Waals surface area contributed by atoms with Crippen LogP contribution in [0, 0.1) is 11.3 Å². The Morgan fingerprint density at radius 2 is 1.78 bits per heavy atom. The van der Waals surface area contributed by atoms with Crippen LogP contribution in [0.15, 0.2) is 35.5 Å². The summed E-state index contributed by atoms with van der Waals surface area (Å²) in [6.45, 7) is 3.99. The molecule has 4 fully saturated rings. The maximum atomic E-state index is 13.0. The standard InChI is InChI=1S/C25H31F3N6O2S/c26-25(27,28)36-20-3-5-21(6-4-20)37-30-13-17-7-9-32(10-8-17)23(35)33-14-24(15-33)11-19(12-24)34-16-29-22(31-34)18-1-2-18/h3-6,16-19,30H,1-2,7-15H2. The molecular formula is C25H31F3N6O2S. The average molecular weight is 537 g/mol. The molecule has 200 valence electrons. The number of carbonyl (C=O) groups excluding carboxylic acids is 1. The van der Waals surface area contributed by atoms with Crippen molar-refractivity contribution < 1.29 is 22.7 Å². The third-order valence-electron chi connectivity index (χ3n) is 8.01. The summed E-state index contributed by atoms with van der Waals surface area (Å²) in [6.07, 6.45) is 3.66. The number of likely N-dealkylation sites (tertiary alicyclic amines) is 2. The van der Waals surface area contributed by atoms with Gasteiger partial charge in [0, 0.05) is 49.0 Å². The van der Waals surface area contributed by atoms with Crippen molar-refractivity contribution in [2.24, 2.45) is 11.3 Å². The molecule has 0 radical (unpaired) electrons. The second-order valence-electron chi connectivity index (χ2n) is 11.0. The number of nitrogens with one attached hydrogen (secondary N) is 1. The highest BCUT2D eigenvalue weighted by Crippen LogP contribution is 2.54. The van der Waals surface area contributed by atoms with E-state index in [1.165, 1.54) is 36.9 Å². The fraction of sp³-hybridized carbons (Fsp3) is 0.640. The molecule has 1 spiro atoms. The smallest absolute Gasteiger partial charge is 0.406 e. The van der Waals surface area contributed by atoms with Crippen LogP contribution < -0.4 is 9.46 Å². The van der Waals surface area contributed by atoms with Gasteiger partial charge in [0.15, 0.2) is 5.82 Å². The highest BCUT2D eigenvalue weighted by molar-refractivity contribution is 7.97. The maximum absolute atomic E-state index is 13.0. The molecule has 2 aliphatic carbocycles. The van der Waals surface area contributed by atoms with Crippen LogP contribution in [0.1, 0.15) is 56.3 Å². The van der Waals surface area contributed by atoms with Gasteiger partial charge in [-0.3, -0.25) is 4.72 Å². The first-order chi connectivity index (χ1) is 17.8. The number of benzene rings is 1. The van der Waals surface area contributed by atoms with Gasteiger partial charge in [-0.15, -0.1) is 13.2 Å². The number of rotatable bonds is 7. The molecule has 8 nitrogen and oxygen atoms in total. The van der Waals surface area contributed by atoms with Crippen molar-refractivity contribution in [3.8, 4) is 5.75 Å². The highest BCUT2D eigenvalue weighted by atomic mass is 32.2. The van der Waals surface area contributed by atoms with Gasteiger partial charge in [-0.05, 0) is 80.7 Å². The molecule has 4 aliphatic rings. The van der Waals surface area contributed by atoms with Crippen LogP contribution in [-0.4, -0.2) is 69.7 Å². The first-order valence-corrected chi connectivity index (χ1v) is 13.8. The van der Waals surface area contributed by atoms with Gasteiger partial charge in [0.25, 0.3) is 0 Å². The first kappa shape index (κ1) is 24.8. The molecule has 2 saturated heterocycles. The summed E-state index contributed by atoms with van der Waals surface area (Å²) in [5.41, 5.74) is 0.266. The number of aromatic nitrogens is 3. The Bertz CT molecular complexity index is 1100. The quantitative estimate of drug-likeness (QED) is 0.512. The van der Waals surface area contributed by atoms with Gasteiger partial charge in [0.1, 0.15) is 12.1 Å². The molecule has 2 saturated carbocycles. The summed E-state index contributed by atoms with van der Waals surface area (Å²) in [6, 6.07) is 6.40. The number of hydrogen-bond acceptors (Lipinski definition) is 6. The highest BCUT2D eigenvalue weighted by Gasteiger charge is 2.55. The van der Waals surface area contributed by atoms with Crippen LogP contribution in [0.2, 0.25) is 0 Å². The number of amides is 2. The number of hydrogen-bond donors (Lipinski definition) is 1. The lowest BCUT2D eigenvalue weighted by molar-refractivity contribution is -0.274.